The van der Waals surface area contributed by atoms with Crippen molar-refractivity contribution >= 4 is 11.9 Å². The number of hydrogen-bond donors (Lipinski definition) is 1. The fourth-order valence-electron chi connectivity index (χ4n) is 8.94. The summed E-state index contributed by atoms with van der Waals surface area (Å²) in [6.07, 6.45) is 80.9. The summed E-state index contributed by atoms with van der Waals surface area (Å²) >= 11 is 0. The molecule has 0 aromatic rings. The van der Waals surface area contributed by atoms with Gasteiger partial charge in [-0.05, 0) is 77.0 Å². The van der Waals surface area contributed by atoms with Crippen LogP contribution in [0.25, 0.3) is 0 Å². The maximum atomic E-state index is 12.3. The van der Waals surface area contributed by atoms with E-state index in [0.717, 1.165) is 64.2 Å². The van der Waals surface area contributed by atoms with Gasteiger partial charge in [0.25, 0.3) is 0 Å². The molecule has 0 radical (unpaired) electrons. The van der Waals surface area contributed by atoms with Gasteiger partial charge >= 0.3 is 11.9 Å². The average Bonchev–Trinajstić information content (AvgIpc) is 3.35. The van der Waals surface area contributed by atoms with Crippen LogP contribution in [0.3, 0.4) is 0 Å². The zero-order valence-electron chi connectivity index (χ0n) is 46.1. The molecule has 0 saturated heterocycles. The zero-order chi connectivity index (χ0) is 49.9. The molecule has 402 valence electrons. The molecular weight excluding hydrogens is 849 g/mol. The number of ether oxygens (including phenoxy) is 2. The van der Waals surface area contributed by atoms with Crippen molar-refractivity contribution in [3.05, 3.63) is 60.8 Å². The Bertz CT molecular complexity index is 1180. The first-order chi connectivity index (χ1) is 34.1. The largest absolute Gasteiger partial charge is 0.462 e. The van der Waals surface area contributed by atoms with E-state index in [1.165, 1.54) is 225 Å². The van der Waals surface area contributed by atoms with Crippen molar-refractivity contribution in [2.45, 2.75) is 322 Å². The molecule has 5 nitrogen and oxygen atoms in total. The van der Waals surface area contributed by atoms with Gasteiger partial charge in [0.05, 0.1) is 6.61 Å². The highest BCUT2D eigenvalue weighted by Crippen LogP contribution is 2.17. The Labute approximate surface area is 430 Å². The van der Waals surface area contributed by atoms with E-state index in [9.17, 15) is 14.7 Å². The highest BCUT2D eigenvalue weighted by molar-refractivity contribution is 5.70. The standard InChI is InChI=1S/C64H116O5/c1-3-5-7-9-11-13-15-17-19-20-21-22-23-24-25-26-27-28-29-30-31-32-33-34-35-36-37-38-39-40-41-42-43-44-45-47-49-51-53-55-57-59-64(67)69-62(60-65)61-68-63(66)58-56-54-52-50-48-46-18-16-14-12-10-8-6-4-2/h10,12,15-18,20-21,23-24,62,65H,3-9,11,13-14,19,22,25-61H2,1-2H3/b12-10-,17-15-,18-16-,21-20-,24-23-. The average molecular weight is 966 g/mol. The first kappa shape index (κ1) is 66.6. The molecule has 0 aliphatic heterocycles. The smallest absolute Gasteiger partial charge is 0.306 e. The molecule has 0 aromatic carbocycles. The van der Waals surface area contributed by atoms with Crippen LogP contribution in [-0.2, 0) is 19.1 Å². The van der Waals surface area contributed by atoms with Crippen LogP contribution in [-0.4, -0.2) is 36.4 Å². The summed E-state index contributed by atoms with van der Waals surface area (Å²) in [5.74, 6) is -0.596. The van der Waals surface area contributed by atoms with E-state index in [1.54, 1.807) is 0 Å². The van der Waals surface area contributed by atoms with Gasteiger partial charge < -0.3 is 14.6 Å². The van der Waals surface area contributed by atoms with Crippen LogP contribution in [0, 0.1) is 0 Å². The minimum atomic E-state index is -0.777. The van der Waals surface area contributed by atoms with E-state index in [0.29, 0.717) is 12.8 Å². The number of carbonyl (C=O) groups is 2. The van der Waals surface area contributed by atoms with E-state index < -0.39 is 6.10 Å². The van der Waals surface area contributed by atoms with E-state index >= 15 is 0 Å². The molecule has 0 bridgehead atoms. The minimum absolute atomic E-state index is 0.0708. The summed E-state index contributed by atoms with van der Waals surface area (Å²) in [5, 5.41) is 9.63. The molecule has 0 amide bonds. The first-order valence-electron chi connectivity index (χ1n) is 30.3. The van der Waals surface area contributed by atoms with E-state index in [1.807, 2.05) is 0 Å². The molecule has 1 atom stereocenters. The summed E-state index contributed by atoms with van der Waals surface area (Å²) < 4.78 is 10.7. The number of hydrogen-bond acceptors (Lipinski definition) is 5. The third kappa shape index (κ3) is 58.1. The lowest BCUT2D eigenvalue weighted by Crippen LogP contribution is -2.28. The Morgan fingerprint density at radius 2 is 0.594 bits per heavy atom. The van der Waals surface area contributed by atoms with Crippen molar-refractivity contribution in [2.75, 3.05) is 13.2 Å². The van der Waals surface area contributed by atoms with Crippen molar-refractivity contribution in [3.8, 4) is 0 Å². The lowest BCUT2D eigenvalue weighted by atomic mass is 10.0. The molecule has 5 heteroatoms. The Morgan fingerprint density at radius 3 is 0.913 bits per heavy atom. The fourth-order valence-corrected chi connectivity index (χ4v) is 8.94. The van der Waals surface area contributed by atoms with Gasteiger partial charge in [-0.3, -0.25) is 9.59 Å². The third-order valence-corrected chi connectivity index (χ3v) is 13.5. The van der Waals surface area contributed by atoms with Gasteiger partial charge in [-0.25, -0.2) is 0 Å². The van der Waals surface area contributed by atoms with Gasteiger partial charge in [-0.2, -0.15) is 0 Å². The van der Waals surface area contributed by atoms with Crippen molar-refractivity contribution in [1.82, 2.24) is 0 Å². The Morgan fingerprint density at radius 1 is 0.333 bits per heavy atom. The van der Waals surface area contributed by atoms with Crippen molar-refractivity contribution < 1.29 is 24.2 Å². The van der Waals surface area contributed by atoms with Crippen LogP contribution in [0.5, 0.6) is 0 Å². The van der Waals surface area contributed by atoms with Crippen LogP contribution in [0.2, 0.25) is 0 Å². The molecule has 1 N–H and O–H groups in total. The van der Waals surface area contributed by atoms with Gasteiger partial charge in [0.2, 0.25) is 0 Å². The number of aliphatic hydroxyl groups is 1. The van der Waals surface area contributed by atoms with Crippen molar-refractivity contribution in [3.63, 3.8) is 0 Å². The SMILES string of the molecule is CCCC/C=C\C/C=C\CCCCCCCC(=O)OCC(CO)OC(=O)CCCCCCCCCCCCCCCCCCCCCCCCCCCC/C=C\C/C=C\C/C=C\CCCCCCC. The van der Waals surface area contributed by atoms with E-state index in [4.69, 9.17) is 9.47 Å². The monoisotopic (exact) mass is 965 g/mol. The molecule has 0 spiro atoms. The highest BCUT2D eigenvalue weighted by atomic mass is 16.6. The topological polar surface area (TPSA) is 72.8 Å². The molecule has 0 aliphatic carbocycles. The predicted molar refractivity (Wildman–Crippen MR) is 302 cm³/mol. The number of esters is 2. The lowest BCUT2D eigenvalue weighted by molar-refractivity contribution is -0.161. The number of carbonyl (C=O) groups excluding carboxylic acids is 2. The molecular formula is C64H116O5. The van der Waals surface area contributed by atoms with Crippen molar-refractivity contribution in [2.24, 2.45) is 0 Å². The maximum Gasteiger partial charge on any atom is 0.306 e. The molecule has 0 saturated carbocycles. The summed E-state index contributed by atoms with van der Waals surface area (Å²) in [6, 6.07) is 0. The normalized spacial score (nSPS) is 12.6. The van der Waals surface area contributed by atoms with E-state index in [2.05, 4.69) is 74.6 Å². The van der Waals surface area contributed by atoms with Crippen LogP contribution in [0.4, 0.5) is 0 Å². The zero-order valence-corrected chi connectivity index (χ0v) is 46.1. The van der Waals surface area contributed by atoms with Gasteiger partial charge in [-0.15, -0.1) is 0 Å². The second-order valence-corrected chi connectivity index (χ2v) is 20.4. The summed E-state index contributed by atoms with van der Waals surface area (Å²) in [7, 11) is 0. The number of allylic oxidation sites excluding steroid dienone is 10. The van der Waals surface area contributed by atoms with Crippen LogP contribution in [0.15, 0.2) is 60.8 Å². The molecule has 1 unspecified atom stereocenters. The van der Waals surface area contributed by atoms with Crippen LogP contribution in [0.1, 0.15) is 316 Å². The van der Waals surface area contributed by atoms with Crippen molar-refractivity contribution in [1.29, 1.82) is 0 Å². The number of unbranched alkanes of at least 4 members (excludes halogenated alkanes) is 38. The maximum absolute atomic E-state index is 12.3. The van der Waals surface area contributed by atoms with E-state index in [-0.39, 0.29) is 25.2 Å². The quantitative estimate of drug-likeness (QED) is 0.0373. The van der Waals surface area contributed by atoms with Gasteiger partial charge in [-0.1, -0.05) is 286 Å². The number of aliphatic hydroxyl groups excluding tert-OH is 1. The van der Waals surface area contributed by atoms with Gasteiger partial charge in [0.15, 0.2) is 6.10 Å². The second kappa shape index (κ2) is 59.9. The Kier molecular flexibility index (Phi) is 57.8. The summed E-state index contributed by atoms with van der Waals surface area (Å²) in [5.41, 5.74) is 0. The van der Waals surface area contributed by atoms with Gasteiger partial charge in [0.1, 0.15) is 6.61 Å². The molecule has 0 fully saturated rings. The van der Waals surface area contributed by atoms with Crippen LogP contribution < -0.4 is 0 Å². The summed E-state index contributed by atoms with van der Waals surface area (Å²) in [6.45, 7) is 4.10. The Hall–Kier alpha value is -2.40. The first-order valence-corrected chi connectivity index (χ1v) is 30.3. The summed E-state index contributed by atoms with van der Waals surface area (Å²) in [4.78, 5) is 24.4. The molecule has 0 aromatic heterocycles. The Balaban J connectivity index is 3.38. The molecule has 69 heavy (non-hydrogen) atoms. The van der Waals surface area contributed by atoms with Crippen LogP contribution >= 0.6 is 0 Å². The second-order valence-electron chi connectivity index (χ2n) is 20.4. The minimum Gasteiger partial charge on any atom is -0.462 e. The highest BCUT2D eigenvalue weighted by Gasteiger charge is 2.16. The lowest BCUT2D eigenvalue weighted by Gasteiger charge is -2.15. The third-order valence-electron chi connectivity index (χ3n) is 13.5. The van der Waals surface area contributed by atoms with Gasteiger partial charge in [0, 0.05) is 12.8 Å². The number of rotatable bonds is 56. The molecule has 0 heterocycles. The fraction of sp³-hybridized carbons (Fsp3) is 0.812. The molecule has 0 aliphatic rings. The molecule has 0 rings (SSSR count). The predicted octanol–water partition coefficient (Wildman–Crippen LogP) is 20.6.